The number of amides is 1. The topological polar surface area (TPSA) is 41.6 Å². The van der Waals surface area contributed by atoms with Crippen LogP contribution >= 0.6 is 11.8 Å². The maximum absolute atomic E-state index is 12.8. The quantitative estimate of drug-likeness (QED) is 0.829. The van der Waals surface area contributed by atoms with Crippen molar-refractivity contribution in [1.82, 2.24) is 10.2 Å². The third kappa shape index (κ3) is 5.62. The van der Waals surface area contributed by atoms with Gasteiger partial charge in [0.15, 0.2) is 0 Å². The molecule has 1 aliphatic rings. The molecule has 1 aliphatic heterocycles. The third-order valence-electron chi connectivity index (χ3n) is 4.30. The number of nitrogens with zero attached hydrogens (tertiary/aromatic N) is 1. The number of carbonyl (C=O) groups excluding carboxylic acids is 1. The minimum Gasteiger partial charge on any atom is -0.379 e. The fourth-order valence-corrected chi connectivity index (χ4v) is 2.99. The van der Waals surface area contributed by atoms with E-state index in [0.717, 1.165) is 17.7 Å². The molecular formula is C17H23F3N2O2S. The zero-order valence-corrected chi connectivity index (χ0v) is 15.1. The molecule has 1 heterocycles. The molecule has 2 rings (SSSR count). The van der Waals surface area contributed by atoms with Crippen molar-refractivity contribution in [2.24, 2.45) is 0 Å². The van der Waals surface area contributed by atoms with E-state index in [4.69, 9.17) is 4.74 Å². The Kier molecular flexibility index (Phi) is 7.15. The molecule has 2 atom stereocenters. The van der Waals surface area contributed by atoms with Gasteiger partial charge in [0.25, 0.3) is 0 Å². The molecule has 1 saturated heterocycles. The summed E-state index contributed by atoms with van der Waals surface area (Å²) < 4.78 is 43.7. The molecule has 0 bridgehead atoms. The Bertz CT molecular complexity index is 560. The minimum absolute atomic E-state index is 0.0716. The Morgan fingerprint density at radius 3 is 2.40 bits per heavy atom. The van der Waals surface area contributed by atoms with E-state index in [-0.39, 0.29) is 17.2 Å². The van der Waals surface area contributed by atoms with Crippen LogP contribution in [0.4, 0.5) is 13.2 Å². The van der Waals surface area contributed by atoms with E-state index in [2.05, 4.69) is 10.2 Å². The van der Waals surface area contributed by atoms with Crippen LogP contribution in [-0.2, 0) is 15.7 Å². The summed E-state index contributed by atoms with van der Waals surface area (Å²) in [6.45, 7) is 4.69. The number of ether oxygens (including phenoxy) is 1. The van der Waals surface area contributed by atoms with Gasteiger partial charge in [-0.3, -0.25) is 9.69 Å². The van der Waals surface area contributed by atoms with Crippen LogP contribution in [0.15, 0.2) is 24.3 Å². The molecule has 1 aromatic carbocycles. The summed E-state index contributed by atoms with van der Waals surface area (Å²) in [5, 5.41) is 2.74. The van der Waals surface area contributed by atoms with Crippen molar-refractivity contribution in [3.05, 3.63) is 35.4 Å². The highest BCUT2D eigenvalue weighted by Gasteiger charge is 2.31. The second kappa shape index (κ2) is 8.91. The molecule has 0 radical (unpaired) electrons. The number of alkyl halides is 3. The van der Waals surface area contributed by atoms with E-state index in [1.807, 2.05) is 13.2 Å². The van der Waals surface area contributed by atoms with Gasteiger partial charge in [0.05, 0.1) is 30.1 Å². The molecule has 1 fully saturated rings. The van der Waals surface area contributed by atoms with E-state index in [1.54, 1.807) is 0 Å². The summed E-state index contributed by atoms with van der Waals surface area (Å²) >= 11 is 1.45. The van der Waals surface area contributed by atoms with Gasteiger partial charge in [0.2, 0.25) is 5.91 Å². The Morgan fingerprint density at radius 1 is 1.28 bits per heavy atom. The molecule has 8 heteroatoms. The van der Waals surface area contributed by atoms with Gasteiger partial charge in [0.1, 0.15) is 0 Å². The van der Waals surface area contributed by atoms with Crippen LogP contribution in [0.2, 0.25) is 0 Å². The van der Waals surface area contributed by atoms with Crippen LogP contribution in [0.3, 0.4) is 0 Å². The molecule has 25 heavy (non-hydrogen) atoms. The standard InChI is InChI=1S/C17H23F3N2O2S/c1-12(25-2)16(23)21-11-15(22-7-9-24-10-8-22)13-3-5-14(6-4-13)17(18,19)20/h3-6,12,15H,7-11H2,1-2H3,(H,21,23). The van der Waals surface area contributed by atoms with Crippen LogP contribution < -0.4 is 5.32 Å². The van der Waals surface area contributed by atoms with Crippen LogP contribution in [0, 0.1) is 0 Å². The highest BCUT2D eigenvalue weighted by Crippen LogP contribution is 2.31. The number of hydrogen-bond acceptors (Lipinski definition) is 4. The molecule has 0 spiro atoms. The average Bonchev–Trinajstić information content (AvgIpc) is 2.61. The third-order valence-corrected chi connectivity index (χ3v) is 5.22. The molecular weight excluding hydrogens is 353 g/mol. The summed E-state index contributed by atoms with van der Waals surface area (Å²) in [6, 6.07) is 4.99. The minimum atomic E-state index is -4.35. The zero-order valence-electron chi connectivity index (χ0n) is 14.3. The first-order valence-electron chi connectivity index (χ1n) is 8.12. The lowest BCUT2D eigenvalue weighted by atomic mass is 10.0. The average molecular weight is 376 g/mol. The van der Waals surface area contributed by atoms with Crippen molar-refractivity contribution < 1.29 is 22.7 Å². The number of hydrogen-bond donors (Lipinski definition) is 1. The van der Waals surface area contributed by atoms with E-state index < -0.39 is 11.7 Å². The lowest BCUT2D eigenvalue weighted by molar-refractivity contribution is -0.137. The first-order valence-corrected chi connectivity index (χ1v) is 9.41. The largest absolute Gasteiger partial charge is 0.416 e. The van der Waals surface area contributed by atoms with Crippen molar-refractivity contribution in [2.45, 2.75) is 24.4 Å². The van der Waals surface area contributed by atoms with Crippen LogP contribution in [0.25, 0.3) is 0 Å². The smallest absolute Gasteiger partial charge is 0.379 e. The van der Waals surface area contributed by atoms with Gasteiger partial charge >= 0.3 is 6.18 Å². The fourth-order valence-electron chi connectivity index (χ4n) is 2.69. The van der Waals surface area contributed by atoms with E-state index in [9.17, 15) is 18.0 Å². The number of benzene rings is 1. The number of halogens is 3. The van der Waals surface area contributed by atoms with E-state index >= 15 is 0 Å². The fraction of sp³-hybridized carbons (Fsp3) is 0.588. The van der Waals surface area contributed by atoms with Crippen molar-refractivity contribution in [3.63, 3.8) is 0 Å². The van der Waals surface area contributed by atoms with Gasteiger partial charge in [-0.25, -0.2) is 0 Å². The molecule has 4 nitrogen and oxygen atoms in total. The number of nitrogens with one attached hydrogen (secondary N) is 1. The van der Waals surface area contributed by atoms with Crippen LogP contribution in [-0.4, -0.2) is 55.2 Å². The molecule has 1 amide bonds. The van der Waals surface area contributed by atoms with Crippen LogP contribution in [0.5, 0.6) is 0 Å². The predicted molar refractivity (Wildman–Crippen MR) is 92.6 cm³/mol. The number of rotatable bonds is 6. The van der Waals surface area contributed by atoms with Gasteiger partial charge in [-0.15, -0.1) is 0 Å². The summed E-state index contributed by atoms with van der Waals surface area (Å²) in [7, 11) is 0. The number of morpholine rings is 1. The SMILES string of the molecule is CSC(C)C(=O)NCC(c1ccc(C(F)(F)F)cc1)N1CCOCC1. The molecule has 1 aromatic rings. The lowest BCUT2D eigenvalue weighted by Gasteiger charge is -2.35. The Morgan fingerprint density at radius 2 is 1.88 bits per heavy atom. The first-order chi connectivity index (χ1) is 11.8. The predicted octanol–water partition coefficient (Wildman–Crippen LogP) is 2.95. The van der Waals surface area contributed by atoms with Gasteiger partial charge in [-0.05, 0) is 30.9 Å². The van der Waals surface area contributed by atoms with Gasteiger partial charge < -0.3 is 10.1 Å². The first kappa shape index (κ1) is 20.1. The molecule has 1 N–H and O–H groups in total. The highest BCUT2D eigenvalue weighted by atomic mass is 32.2. The summed E-state index contributed by atoms with van der Waals surface area (Å²) in [5.41, 5.74) is 0.0871. The summed E-state index contributed by atoms with van der Waals surface area (Å²) in [5.74, 6) is -0.0716. The Labute approximate surface area is 150 Å². The number of thioether (sulfide) groups is 1. The molecule has 0 saturated carbocycles. The molecule has 2 unspecified atom stereocenters. The van der Waals surface area contributed by atoms with E-state index in [0.29, 0.717) is 32.8 Å². The zero-order chi connectivity index (χ0) is 18.4. The van der Waals surface area contributed by atoms with Crippen molar-refractivity contribution in [2.75, 3.05) is 39.1 Å². The Balaban J connectivity index is 2.14. The van der Waals surface area contributed by atoms with Crippen molar-refractivity contribution in [1.29, 1.82) is 0 Å². The van der Waals surface area contributed by atoms with Gasteiger partial charge in [-0.1, -0.05) is 12.1 Å². The van der Waals surface area contributed by atoms with Crippen molar-refractivity contribution in [3.8, 4) is 0 Å². The summed E-state index contributed by atoms with van der Waals surface area (Å²) in [6.07, 6.45) is -2.49. The summed E-state index contributed by atoms with van der Waals surface area (Å²) in [4.78, 5) is 14.2. The number of carbonyl (C=O) groups is 1. The second-order valence-electron chi connectivity index (χ2n) is 5.91. The van der Waals surface area contributed by atoms with E-state index in [1.165, 1.54) is 23.9 Å². The normalized spacial score (nSPS) is 18.6. The van der Waals surface area contributed by atoms with Crippen LogP contribution in [0.1, 0.15) is 24.1 Å². The van der Waals surface area contributed by atoms with Gasteiger partial charge in [0, 0.05) is 19.6 Å². The molecule has 0 aromatic heterocycles. The highest BCUT2D eigenvalue weighted by molar-refractivity contribution is 7.99. The second-order valence-corrected chi connectivity index (χ2v) is 7.09. The lowest BCUT2D eigenvalue weighted by Crippen LogP contribution is -2.44. The van der Waals surface area contributed by atoms with Crippen molar-refractivity contribution >= 4 is 17.7 Å². The maximum Gasteiger partial charge on any atom is 0.416 e. The maximum atomic E-state index is 12.8. The Hall–Kier alpha value is -1.25. The molecule has 140 valence electrons. The monoisotopic (exact) mass is 376 g/mol. The molecule has 0 aliphatic carbocycles. The van der Waals surface area contributed by atoms with Gasteiger partial charge in [-0.2, -0.15) is 24.9 Å².